The third kappa shape index (κ3) is 4.28. The molecule has 1 aliphatic rings. The molecule has 0 radical (unpaired) electrons. The number of hydrogen-bond acceptors (Lipinski definition) is 4. The van der Waals surface area contributed by atoms with Crippen LogP contribution in [0.4, 0.5) is 0 Å². The quantitative estimate of drug-likeness (QED) is 0.801. The fourth-order valence-corrected chi connectivity index (χ4v) is 4.05. The number of nitrogens with zero attached hydrogens (tertiary/aromatic N) is 1. The zero-order valence-corrected chi connectivity index (χ0v) is 14.6. The molecular weight excluding hydrogens is 342 g/mol. The number of H-pyrrole nitrogens is 1. The van der Waals surface area contributed by atoms with Gasteiger partial charge in [-0.25, -0.2) is 8.42 Å². The maximum atomic E-state index is 12.5. The van der Waals surface area contributed by atoms with Crippen molar-refractivity contribution in [2.45, 2.75) is 11.3 Å². The van der Waals surface area contributed by atoms with Crippen LogP contribution in [0.2, 0.25) is 0 Å². The number of ether oxygens (including phenoxy) is 1. The number of nitrogens with one attached hydrogen (secondary N) is 2. The molecule has 0 spiro atoms. The minimum atomic E-state index is -3.60. The number of benzene rings is 1. The fourth-order valence-electron chi connectivity index (χ4n) is 2.65. The Balaban J connectivity index is 1.59. The van der Waals surface area contributed by atoms with Crippen LogP contribution in [0.15, 0.2) is 47.5 Å². The van der Waals surface area contributed by atoms with Gasteiger partial charge in [0.1, 0.15) is 10.6 Å². The predicted molar refractivity (Wildman–Crippen MR) is 92.8 cm³/mol. The molecule has 0 atom stereocenters. The first-order chi connectivity index (χ1) is 12.1. The van der Waals surface area contributed by atoms with E-state index < -0.39 is 10.0 Å². The number of sulfonamides is 1. The van der Waals surface area contributed by atoms with Crippen molar-refractivity contribution in [1.29, 1.82) is 0 Å². The summed E-state index contributed by atoms with van der Waals surface area (Å²) in [6.45, 7) is 1.90. The van der Waals surface area contributed by atoms with Crippen molar-refractivity contribution < 1.29 is 17.9 Å². The van der Waals surface area contributed by atoms with Crippen molar-refractivity contribution in [3.63, 3.8) is 0 Å². The van der Waals surface area contributed by atoms with Gasteiger partial charge in [0.15, 0.2) is 0 Å². The number of morpholine rings is 1. The van der Waals surface area contributed by atoms with E-state index in [0.717, 1.165) is 5.56 Å². The maximum absolute atomic E-state index is 12.5. The second kappa shape index (κ2) is 7.81. The summed E-state index contributed by atoms with van der Waals surface area (Å²) < 4.78 is 31.6. The molecule has 8 heteroatoms. The van der Waals surface area contributed by atoms with Gasteiger partial charge in [0.2, 0.25) is 10.0 Å². The van der Waals surface area contributed by atoms with Gasteiger partial charge < -0.3 is 15.0 Å². The summed E-state index contributed by atoms with van der Waals surface area (Å²) in [7, 11) is -3.60. The lowest BCUT2D eigenvalue weighted by atomic mass is 10.1. The molecule has 0 bridgehead atoms. The molecule has 0 unspecified atom stereocenters. The Kier molecular flexibility index (Phi) is 5.52. The summed E-state index contributed by atoms with van der Waals surface area (Å²) in [6, 6.07) is 11.2. The molecule has 2 aromatic rings. The third-order valence-corrected chi connectivity index (χ3v) is 5.93. The van der Waals surface area contributed by atoms with Crippen molar-refractivity contribution in [3.05, 3.63) is 53.9 Å². The first kappa shape index (κ1) is 17.7. The van der Waals surface area contributed by atoms with Crippen LogP contribution in [0.3, 0.4) is 0 Å². The molecule has 1 amide bonds. The molecule has 1 aliphatic heterocycles. The van der Waals surface area contributed by atoms with Gasteiger partial charge in [-0.05, 0) is 18.1 Å². The largest absolute Gasteiger partial charge is 0.379 e. The van der Waals surface area contributed by atoms with Crippen molar-refractivity contribution >= 4 is 15.9 Å². The summed E-state index contributed by atoms with van der Waals surface area (Å²) in [5, 5.41) is 2.79. The maximum Gasteiger partial charge on any atom is 0.267 e. The molecule has 2 N–H and O–H groups in total. The normalized spacial score (nSPS) is 15.8. The van der Waals surface area contributed by atoms with Crippen LogP contribution in [0, 0.1) is 0 Å². The second-order valence-corrected chi connectivity index (χ2v) is 7.69. The Morgan fingerprint density at radius 3 is 2.64 bits per heavy atom. The molecule has 1 fully saturated rings. The van der Waals surface area contributed by atoms with Crippen molar-refractivity contribution in [1.82, 2.24) is 14.6 Å². The summed E-state index contributed by atoms with van der Waals surface area (Å²) in [4.78, 5) is 15.0. The van der Waals surface area contributed by atoms with E-state index in [0.29, 0.717) is 39.3 Å². The molecule has 0 saturated carbocycles. The molecule has 0 aliphatic carbocycles. The molecule has 3 rings (SSSR count). The minimum Gasteiger partial charge on any atom is -0.379 e. The average molecular weight is 363 g/mol. The Bertz CT molecular complexity index is 811. The van der Waals surface area contributed by atoms with Crippen LogP contribution in [0.1, 0.15) is 16.1 Å². The smallest absolute Gasteiger partial charge is 0.267 e. The third-order valence-electron chi connectivity index (χ3n) is 4.05. The zero-order valence-electron chi connectivity index (χ0n) is 13.8. The van der Waals surface area contributed by atoms with E-state index >= 15 is 0 Å². The van der Waals surface area contributed by atoms with E-state index in [1.807, 2.05) is 30.3 Å². The number of rotatable bonds is 6. The lowest BCUT2D eigenvalue weighted by Gasteiger charge is -2.25. The second-order valence-electron chi connectivity index (χ2n) is 5.76. The van der Waals surface area contributed by atoms with E-state index in [1.54, 1.807) is 0 Å². The van der Waals surface area contributed by atoms with Gasteiger partial charge >= 0.3 is 0 Å². The Hall–Kier alpha value is -2.16. The first-order valence-corrected chi connectivity index (χ1v) is 9.60. The average Bonchev–Trinajstić information content (AvgIpc) is 3.14. The van der Waals surface area contributed by atoms with Gasteiger partial charge in [-0.15, -0.1) is 0 Å². The highest BCUT2D eigenvalue weighted by Crippen LogP contribution is 2.18. The number of aromatic nitrogens is 1. The summed E-state index contributed by atoms with van der Waals surface area (Å²) >= 11 is 0. The van der Waals surface area contributed by atoms with E-state index in [1.165, 1.54) is 16.6 Å². The lowest BCUT2D eigenvalue weighted by Crippen LogP contribution is -2.40. The molecule has 2 heterocycles. The van der Waals surface area contributed by atoms with Crippen molar-refractivity contribution in [2.24, 2.45) is 0 Å². The van der Waals surface area contributed by atoms with Gasteiger partial charge in [-0.1, -0.05) is 30.3 Å². The molecule has 1 aromatic carbocycles. The predicted octanol–water partition coefficient (Wildman–Crippen LogP) is 1.01. The van der Waals surface area contributed by atoms with Crippen LogP contribution in [0.25, 0.3) is 0 Å². The van der Waals surface area contributed by atoms with E-state index in [4.69, 9.17) is 4.74 Å². The summed E-state index contributed by atoms with van der Waals surface area (Å²) in [5.74, 6) is -0.320. The number of hydrogen-bond donors (Lipinski definition) is 2. The molecule has 25 heavy (non-hydrogen) atoms. The fraction of sp³-hybridized carbons (Fsp3) is 0.353. The lowest BCUT2D eigenvalue weighted by molar-refractivity contribution is 0.0730. The highest BCUT2D eigenvalue weighted by Gasteiger charge is 2.27. The van der Waals surface area contributed by atoms with E-state index in [9.17, 15) is 13.2 Å². The monoisotopic (exact) mass is 363 g/mol. The van der Waals surface area contributed by atoms with Crippen LogP contribution in [0.5, 0.6) is 0 Å². The topological polar surface area (TPSA) is 91.5 Å². The summed E-state index contributed by atoms with van der Waals surface area (Å²) in [5.41, 5.74) is 1.37. The van der Waals surface area contributed by atoms with Crippen molar-refractivity contribution in [3.8, 4) is 0 Å². The van der Waals surface area contributed by atoms with E-state index in [2.05, 4.69) is 10.3 Å². The molecule has 1 saturated heterocycles. The zero-order chi connectivity index (χ0) is 17.7. The van der Waals surface area contributed by atoms with E-state index in [-0.39, 0.29) is 16.5 Å². The number of aromatic amines is 1. The number of amides is 1. The molecule has 1 aromatic heterocycles. The first-order valence-electron chi connectivity index (χ1n) is 8.16. The number of carbonyl (C=O) groups is 1. The Morgan fingerprint density at radius 1 is 1.20 bits per heavy atom. The Labute approximate surface area is 147 Å². The van der Waals surface area contributed by atoms with Crippen LogP contribution >= 0.6 is 0 Å². The SMILES string of the molecule is O=C(NCCc1ccccc1)c1cc(S(=O)(=O)N2CCOCC2)c[nH]1. The van der Waals surface area contributed by atoms with Crippen LogP contribution < -0.4 is 5.32 Å². The molecule has 7 nitrogen and oxygen atoms in total. The summed E-state index contributed by atoms with van der Waals surface area (Å²) in [6.07, 6.45) is 2.07. The van der Waals surface area contributed by atoms with Crippen molar-refractivity contribution in [2.75, 3.05) is 32.8 Å². The number of carbonyl (C=O) groups excluding carboxylic acids is 1. The minimum absolute atomic E-state index is 0.0996. The standard InChI is InChI=1S/C17H21N3O4S/c21-17(18-7-6-14-4-2-1-3-5-14)16-12-15(13-19-16)25(22,23)20-8-10-24-11-9-20/h1-5,12-13,19H,6-11H2,(H,18,21). The van der Waals surface area contributed by atoms with Gasteiger partial charge in [0, 0.05) is 25.8 Å². The molecule has 134 valence electrons. The highest BCUT2D eigenvalue weighted by molar-refractivity contribution is 7.89. The Morgan fingerprint density at radius 2 is 1.92 bits per heavy atom. The van der Waals surface area contributed by atoms with Gasteiger partial charge in [0.05, 0.1) is 13.2 Å². The molecular formula is C17H21N3O4S. The van der Waals surface area contributed by atoms with Crippen LogP contribution in [-0.2, 0) is 21.2 Å². The van der Waals surface area contributed by atoms with Gasteiger partial charge in [0.25, 0.3) is 5.91 Å². The highest BCUT2D eigenvalue weighted by atomic mass is 32.2. The van der Waals surface area contributed by atoms with Crippen LogP contribution in [-0.4, -0.2) is 56.5 Å². The van der Waals surface area contributed by atoms with Gasteiger partial charge in [-0.3, -0.25) is 4.79 Å². The van der Waals surface area contributed by atoms with Gasteiger partial charge in [-0.2, -0.15) is 4.31 Å².